The summed E-state index contributed by atoms with van der Waals surface area (Å²) in [7, 11) is 0. The van der Waals surface area contributed by atoms with Crippen LogP contribution in [0.15, 0.2) is 24.3 Å². The number of Topliss-reactive ketones (excluding diaryl/α,β-unsaturated/α-hetero) is 1. The zero-order valence-electron chi connectivity index (χ0n) is 11.5. The number of carboxylic acid groups (broad SMARTS) is 1. The number of hydrogen-bond acceptors (Lipinski definition) is 2. The van der Waals surface area contributed by atoms with Gasteiger partial charge >= 0.3 is 5.97 Å². The second-order valence-electron chi connectivity index (χ2n) is 5.89. The van der Waals surface area contributed by atoms with E-state index >= 15 is 0 Å². The molecule has 1 unspecified atom stereocenters. The van der Waals surface area contributed by atoms with Crippen molar-refractivity contribution in [2.24, 2.45) is 5.92 Å². The first-order valence-electron chi connectivity index (χ1n) is 6.77. The molecule has 0 bridgehead atoms. The van der Waals surface area contributed by atoms with E-state index in [9.17, 15) is 14.7 Å². The van der Waals surface area contributed by atoms with E-state index in [1.807, 2.05) is 24.3 Å². The molecular formula is C16H20O3. The van der Waals surface area contributed by atoms with Crippen LogP contribution < -0.4 is 0 Å². The van der Waals surface area contributed by atoms with E-state index in [1.54, 1.807) is 13.8 Å². The molecule has 2 rings (SSSR count). The van der Waals surface area contributed by atoms with Crippen molar-refractivity contribution >= 4 is 11.8 Å². The fourth-order valence-electron chi connectivity index (χ4n) is 2.57. The summed E-state index contributed by atoms with van der Waals surface area (Å²) in [6, 6.07) is 7.63. The van der Waals surface area contributed by atoms with E-state index in [0.717, 1.165) is 36.8 Å². The number of hydrogen-bond donors (Lipinski definition) is 1. The van der Waals surface area contributed by atoms with Crippen LogP contribution >= 0.6 is 0 Å². The minimum Gasteiger partial charge on any atom is -0.481 e. The smallest absolute Gasteiger partial charge is 0.313 e. The molecule has 1 aliphatic carbocycles. The normalized spacial score (nSPS) is 19.7. The molecule has 1 atom stereocenters. The fourth-order valence-corrected chi connectivity index (χ4v) is 2.57. The van der Waals surface area contributed by atoms with Crippen molar-refractivity contribution in [3.63, 3.8) is 0 Å². The van der Waals surface area contributed by atoms with Gasteiger partial charge in [0.05, 0.1) is 5.41 Å². The van der Waals surface area contributed by atoms with Gasteiger partial charge in [0.15, 0.2) is 0 Å². The van der Waals surface area contributed by atoms with Gasteiger partial charge in [0.25, 0.3) is 0 Å². The van der Waals surface area contributed by atoms with Gasteiger partial charge in [-0.05, 0) is 44.2 Å². The Hall–Kier alpha value is -1.64. The van der Waals surface area contributed by atoms with E-state index in [0.29, 0.717) is 5.78 Å². The summed E-state index contributed by atoms with van der Waals surface area (Å²) < 4.78 is 0. The van der Waals surface area contributed by atoms with Crippen molar-refractivity contribution in [3.05, 3.63) is 35.4 Å². The van der Waals surface area contributed by atoms with Gasteiger partial charge in [-0.2, -0.15) is 0 Å². The molecule has 0 radical (unpaired) electrons. The largest absolute Gasteiger partial charge is 0.481 e. The van der Waals surface area contributed by atoms with Gasteiger partial charge in [0.2, 0.25) is 0 Å². The summed E-state index contributed by atoms with van der Waals surface area (Å²) >= 11 is 0. The van der Waals surface area contributed by atoms with Crippen LogP contribution in [0.4, 0.5) is 0 Å². The Balaban J connectivity index is 2.10. The molecule has 0 spiro atoms. The highest BCUT2D eigenvalue weighted by molar-refractivity contribution is 5.83. The molecule has 0 amide bonds. The van der Waals surface area contributed by atoms with Gasteiger partial charge in [-0.3, -0.25) is 9.59 Å². The summed E-state index contributed by atoms with van der Waals surface area (Å²) in [6.07, 6.45) is 3.50. The third-order valence-corrected chi connectivity index (χ3v) is 4.12. The lowest BCUT2D eigenvalue weighted by molar-refractivity contribution is -0.142. The molecule has 1 aliphatic rings. The van der Waals surface area contributed by atoms with Crippen LogP contribution in [0.2, 0.25) is 0 Å². The van der Waals surface area contributed by atoms with Crippen LogP contribution in [-0.2, 0) is 21.4 Å². The van der Waals surface area contributed by atoms with E-state index in [1.165, 1.54) is 0 Å². The second kappa shape index (κ2) is 5.16. The van der Waals surface area contributed by atoms with Crippen LogP contribution in [0, 0.1) is 5.92 Å². The first-order chi connectivity index (χ1) is 8.91. The predicted octanol–water partition coefficient (Wildman–Crippen LogP) is 2.96. The summed E-state index contributed by atoms with van der Waals surface area (Å²) in [5.74, 6) is -0.292. The Bertz CT molecular complexity index is 485. The van der Waals surface area contributed by atoms with Gasteiger partial charge in [-0.25, -0.2) is 0 Å². The van der Waals surface area contributed by atoms with Crippen LogP contribution in [0.25, 0.3) is 0 Å². The molecule has 3 nitrogen and oxygen atoms in total. The van der Waals surface area contributed by atoms with E-state index in [-0.39, 0.29) is 5.92 Å². The third kappa shape index (κ3) is 2.86. The first-order valence-corrected chi connectivity index (χ1v) is 6.77. The predicted molar refractivity (Wildman–Crippen MR) is 73.2 cm³/mol. The molecule has 3 heteroatoms. The first kappa shape index (κ1) is 13.8. The SMILES string of the molecule is CC(C)(C(=O)O)c1ccc(CC2CCCC2=O)cc1. The molecule has 1 fully saturated rings. The Morgan fingerprint density at radius 1 is 1.32 bits per heavy atom. The molecular weight excluding hydrogens is 240 g/mol. The Morgan fingerprint density at radius 3 is 2.42 bits per heavy atom. The quantitative estimate of drug-likeness (QED) is 0.905. The Kier molecular flexibility index (Phi) is 3.74. The maximum Gasteiger partial charge on any atom is 0.313 e. The average Bonchev–Trinajstić information content (AvgIpc) is 2.75. The monoisotopic (exact) mass is 260 g/mol. The van der Waals surface area contributed by atoms with Crippen molar-refractivity contribution in [1.29, 1.82) is 0 Å². The highest BCUT2D eigenvalue weighted by Crippen LogP contribution is 2.27. The van der Waals surface area contributed by atoms with Gasteiger partial charge in [-0.1, -0.05) is 24.3 Å². The van der Waals surface area contributed by atoms with Gasteiger partial charge in [-0.15, -0.1) is 0 Å². The van der Waals surface area contributed by atoms with Crippen molar-refractivity contribution in [2.75, 3.05) is 0 Å². The number of carbonyl (C=O) groups excluding carboxylic acids is 1. The number of carboxylic acids is 1. The third-order valence-electron chi connectivity index (χ3n) is 4.12. The van der Waals surface area contributed by atoms with Crippen molar-refractivity contribution in [1.82, 2.24) is 0 Å². The molecule has 19 heavy (non-hydrogen) atoms. The molecule has 1 aromatic carbocycles. The van der Waals surface area contributed by atoms with Crippen molar-refractivity contribution < 1.29 is 14.7 Å². The number of carbonyl (C=O) groups is 2. The van der Waals surface area contributed by atoms with Crippen LogP contribution in [0.1, 0.15) is 44.2 Å². The molecule has 0 aliphatic heterocycles. The average molecular weight is 260 g/mol. The van der Waals surface area contributed by atoms with Gasteiger partial charge in [0, 0.05) is 12.3 Å². The minimum absolute atomic E-state index is 0.165. The van der Waals surface area contributed by atoms with Crippen LogP contribution in [-0.4, -0.2) is 16.9 Å². The minimum atomic E-state index is -0.873. The second-order valence-corrected chi connectivity index (χ2v) is 5.89. The zero-order chi connectivity index (χ0) is 14.0. The Morgan fingerprint density at radius 2 is 1.95 bits per heavy atom. The van der Waals surface area contributed by atoms with Crippen LogP contribution in [0.5, 0.6) is 0 Å². The maximum absolute atomic E-state index is 11.6. The zero-order valence-corrected chi connectivity index (χ0v) is 11.5. The highest BCUT2D eigenvalue weighted by Gasteiger charge is 2.29. The lowest BCUT2D eigenvalue weighted by atomic mass is 9.84. The van der Waals surface area contributed by atoms with Crippen molar-refractivity contribution in [2.45, 2.75) is 44.9 Å². The molecule has 0 aromatic heterocycles. The number of benzene rings is 1. The summed E-state index contributed by atoms with van der Waals surface area (Å²) in [5.41, 5.74) is 1.04. The molecule has 102 valence electrons. The number of aliphatic carboxylic acids is 1. The van der Waals surface area contributed by atoms with E-state index < -0.39 is 11.4 Å². The molecule has 1 N–H and O–H groups in total. The Labute approximate surface area is 113 Å². The lowest BCUT2D eigenvalue weighted by Gasteiger charge is -2.20. The summed E-state index contributed by atoms with van der Waals surface area (Å²) in [6.45, 7) is 3.40. The lowest BCUT2D eigenvalue weighted by Crippen LogP contribution is -2.28. The topological polar surface area (TPSA) is 54.4 Å². The number of ketones is 1. The molecule has 1 aromatic rings. The summed E-state index contributed by atoms with van der Waals surface area (Å²) in [4.78, 5) is 22.8. The van der Waals surface area contributed by atoms with Crippen LogP contribution in [0.3, 0.4) is 0 Å². The molecule has 0 heterocycles. The standard InChI is InChI=1S/C16H20O3/c1-16(2,15(18)19)13-8-6-11(7-9-13)10-12-4-3-5-14(12)17/h6-9,12H,3-5,10H2,1-2H3,(H,18,19). The number of rotatable bonds is 4. The molecule has 0 saturated heterocycles. The van der Waals surface area contributed by atoms with Gasteiger partial charge < -0.3 is 5.11 Å². The van der Waals surface area contributed by atoms with E-state index in [4.69, 9.17) is 0 Å². The highest BCUT2D eigenvalue weighted by atomic mass is 16.4. The van der Waals surface area contributed by atoms with E-state index in [2.05, 4.69) is 0 Å². The van der Waals surface area contributed by atoms with Gasteiger partial charge in [0.1, 0.15) is 5.78 Å². The maximum atomic E-state index is 11.6. The molecule has 1 saturated carbocycles. The fraction of sp³-hybridized carbons (Fsp3) is 0.500. The summed E-state index contributed by atoms with van der Waals surface area (Å²) in [5, 5.41) is 9.18. The van der Waals surface area contributed by atoms with Crippen molar-refractivity contribution in [3.8, 4) is 0 Å².